The number of halogens is 1. The van der Waals surface area contributed by atoms with Crippen LogP contribution in [0.25, 0.3) is 0 Å². The van der Waals surface area contributed by atoms with Gasteiger partial charge < -0.3 is 0 Å². The average Bonchev–Trinajstić information content (AvgIpc) is 3.04. The van der Waals surface area contributed by atoms with Crippen molar-refractivity contribution in [2.45, 2.75) is 38.0 Å². The van der Waals surface area contributed by atoms with Crippen LogP contribution in [0, 0.1) is 11.8 Å². The predicted molar refractivity (Wildman–Crippen MR) is 129 cm³/mol. The lowest BCUT2D eigenvalue weighted by Crippen LogP contribution is -2.41. The molecule has 3 nitrogen and oxygen atoms in total. The molecule has 1 heterocycles. The minimum absolute atomic E-state index is 0.0175. The molecule has 4 aliphatic rings. The molecule has 0 aromatic heterocycles. The maximum absolute atomic E-state index is 13.8. The van der Waals surface area contributed by atoms with Gasteiger partial charge in [-0.15, -0.1) is 0 Å². The van der Waals surface area contributed by atoms with Gasteiger partial charge in [-0.1, -0.05) is 79.2 Å². The van der Waals surface area contributed by atoms with E-state index in [4.69, 9.17) is 0 Å². The molecule has 2 bridgehead atoms. The van der Waals surface area contributed by atoms with Crippen molar-refractivity contribution in [2.75, 3.05) is 4.90 Å². The highest BCUT2D eigenvalue weighted by atomic mass is 79.9. The molecular formula is C28H24BrNO2. The zero-order valence-electron chi connectivity index (χ0n) is 18.3. The monoisotopic (exact) mass is 485 g/mol. The van der Waals surface area contributed by atoms with Gasteiger partial charge in [0, 0.05) is 16.3 Å². The molecule has 0 unspecified atom stereocenters. The Balaban J connectivity index is 1.56. The SMILES string of the molecule is CC(C)(C)c1ccc2c(c1)[C@H]1c3ccccc3[C@H]2[C@@H]2C(=O)N(c3ccc(Br)cc3)C(=O)[C@H]12. The number of hydrogen-bond donors (Lipinski definition) is 0. The summed E-state index contributed by atoms with van der Waals surface area (Å²) in [6, 6.07) is 22.5. The first-order valence-electron chi connectivity index (χ1n) is 11.1. The Bertz CT molecular complexity index is 1290. The highest BCUT2D eigenvalue weighted by molar-refractivity contribution is 9.10. The first kappa shape index (κ1) is 19.9. The van der Waals surface area contributed by atoms with Crippen LogP contribution in [0.2, 0.25) is 0 Å². The summed E-state index contributed by atoms with van der Waals surface area (Å²) in [6.07, 6.45) is 0. The number of anilines is 1. The zero-order chi connectivity index (χ0) is 22.4. The normalized spacial score (nSPS) is 25.6. The van der Waals surface area contributed by atoms with Crippen LogP contribution >= 0.6 is 15.9 Å². The molecule has 0 spiro atoms. The molecule has 1 fully saturated rings. The largest absolute Gasteiger partial charge is 0.274 e. The van der Waals surface area contributed by atoms with E-state index in [1.807, 2.05) is 30.3 Å². The fraction of sp³-hybridized carbons (Fsp3) is 0.286. The minimum atomic E-state index is -0.353. The Hall–Kier alpha value is -2.72. The minimum Gasteiger partial charge on any atom is -0.274 e. The molecule has 0 radical (unpaired) electrons. The summed E-state index contributed by atoms with van der Waals surface area (Å²) in [4.78, 5) is 29.0. The van der Waals surface area contributed by atoms with Crippen molar-refractivity contribution in [3.8, 4) is 0 Å². The van der Waals surface area contributed by atoms with E-state index in [1.54, 1.807) is 0 Å². The van der Waals surface area contributed by atoms with Crippen molar-refractivity contribution >= 4 is 33.4 Å². The summed E-state index contributed by atoms with van der Waals surface area (Å²) in [7, 11) is 0. The Labute approximate surface area is 196 Å². The van der Waals surface area contributed by atoms with E-state index in [1.165, 1.54) is 32.7 Å². The molecule has 3 aromatic rings. The third-order valence-electron chi connectivity index (χ3n) is 7.49. The number of amides is 2. The standard InChI is InChI=1S/C28H24BrNO2/c1-28(2,3)15-8-13-20-21(14-15)23-19-7-5-4-6-18(19)22(20)24-25(23)27(32)30(26(24)31)17-11-9-16(29)10-12-17/h4-14,22-25H,1-3H3/t22-,23-,24+,25-/m1/s1. The van der Waals surface area contributed by atoms with Gasteiger partial charge in [-0.25, -0.2) is 4.90 Å². The lowest BCUT2D eigenvalue weighted by Gasteiger charge is -2.46. The summed E-state index contributed by atoms with van der Waals surface area (Å²) in [5, 5.41) is 0. The van der Waals surface area contributed by atoms with Crippen molar-refractivity contribution in [3.63, 3.8) is 0 Å². The van der Waals surface area contributed by atoms with E-state index in [2.05, 4.69) is 73.1 Å². The van der Waals surface area contributed by atoms with E-state index in [0.717, 1.165) is 4.47 Å². The molecule has 1 aliphatic heterocycles. The number of nitrogens with zero attached hydrogens (tertiary/aromatic N) is 1. The first-order valence-corrected chi connectivity index (χ1v) is 11.9. The smallest absolute Gasteiger partial charge is 0.238 e. The Morgan fingerprint density at radius 2 is 1.25 bits per heavy atom. The second-order valence-corrected chi connectivity index (χ2v) is 11.1. The number of hydrogen-bond acceptors (Lipinski definition) is 2. The van der Waals surface area contributed by atoms with Gasteiger partial charge >= 0.3 is 0 Å². The first-order chi connectivity index (χ1) is 15.3. The number of rotatable bonds is 1. The van der Waals surface area contributed by atoms with Gasteiger partial charge in [-0.05, 0) is 57.5 Å². The second-order valence-electron chi connectivity index (χ2n) is 10.2. The van der Waals surface area contributed by atoms with Gasteiger partial charge in [0.25, 0.3) is 0 Å². The summed E-state index contributed by atoms with van der Waals surface area (Å²) in [6.45, 7) is 6.64. The zero-order valence-corrected chi connectivity index (χ0v) is 19.9. The Kier molecular flexibility index (Phi) is 4.14. The summed E-state index contributed by atoms with van der Waals surface area (Å²) >= 11 is 3.45. The molecule has 3 aliphatic carbocycles. The lowest BCUT2D eigenvalue weighted by atomic mass is 9.54. The van der Waals surface area contributed by atoms with Gasteiger partial charge in [0.1, 0.15) is 0 Å². The van der Waals surface area contributed by atoms with Gasteiger partial charge in [0.05, 0.1) is 17.5 Å². The highest BCUT2D eigenvalue weighted by Gasteiger charge is 2.61. The van der Waals surface area contributed by atoms with Crippen molar-refractivity contribution in [1.82, 2.24) is 0 Å². The van der Waals surface area contributed by atoms with Crippen molar-refractivity contribution in [3.05, 3.63) is 99.0 Å². The predicted octanol–water partition coefficient (Wildman–Crippen LogP) is 6.14. The highest BCUT2D eigenvalue weighted by Crippen LogP contribution is 2.61. The maximum Gasteiger partial charge on any atom is 0.238 e. The third kappa shape index (κ3) is 2.59. The van der Waals surface area contributed by atoms with E-state index in [9.17, 15) is 9.59 Å². The van der Waals surface area contributed by atoms with Crippen LogP contribution in [0.1, 0.15) is 60.4 Å². The fourth-order valence-electron chi connectivity index (χ4n) is 6.04. The van der Waals surface area contributed by atoms with E-state index in [0.29, 0.717) is 5.69 Å². The Morgan fingerprint density at radius 3 is 1.81 bits per heavy atom. The Morgan fingerprint density at radius 1 is 0.719 bits per heavy atom. The fourth-order valence-corrected chi connectivity index (χ4v) is 6.30. The summed E-state index contributed by atoms with van der Waals surface area (Å²) in [5.74, 6) is -1.01. The lowest BCUT2D eigenvalue weighted by molar-refractivity contribution is -0.122. The number of carbonyl (C=O) groups excluding carboxylic acids is 2. The molecule has 160 valence electrons. The van der Waals surface area contributed by atoms with Crippen LogP contribution in [0.4, 0.5) is 5.69 Å². The number of imide groups is 1. The molecule has 3 aromatic carbocycles. The molecule has 0 saturated carbocycles. The second kappa shape index (κ2) is 6.64. The third-order valence-corrected chi connectivity index (χ3v) is 8.02. The maximum atomic E-state index is 13.8. The molecule has 4 heteroatoms. The summed E-state index contributed by atoms with van der Waals surface area (Å²) < 4.78 is 0.923. The molecule has 4 atom stereocenters. The van der Waals surface area contributed by atoms with Crippen molar-refractivity contribution in [1.29, 1.82) is 0 Å². The summed E-state index contributed by atoms with van der Waals surface area (Å²) in [5.41, 5.74) is 6.77. The van der Waals surface area contributed by atoms with E-state index >= 15 is 0 Å². The number of carbonyl (C=O) groups is 2. The van der Waals surface area contributed by atoms with Crippen LogP contribution in [0.3, 0.4) is 0 Å². The molecule has 1 saturated heterocycles. The quantitative estimate of drug-likeness (QED) is 0.388. The van der Waals surface area contributed by atoms with Gasteiger partial charge in [-0.3, -0.25) is 9.59 Å². The number of benzene rings is 3. The topological polar surface area (TPSA) is 37.4 Å². The molecular weight excluding hydrogens is 462 g/mol. The molecule has 32 heavy (non-hydrogen) atoms. The van der Waals surface area contributed by atoms with E-state index < -0.39 is 0 Å². The van der Waals surface area contributed by atoms with Gasteiger partial charge in [0.15, 0.2) is 0 Å². The van der Waals surface area contributed by atoms with Crippen LogP contribution in [-0.2, 0) is 15.0 Å². The van der Waals surface area contributed by atoms with Crippen LogP contribution in [-0.4, -0.2) is 11.8 Å². The average molecular weight is 486 g/mol. The van der Waals surface area contributed by atoms with Crippen molar-refractivity contribution < 1.29 is 9.59 Å². The van der Waals surface area contributed by atoms with Crippen LogP contribution < -0.4 is 4.90 Å². The molecule has 7 rings (SSSR count). The van der Waals surface area contributed by atoms with Gasteiger partial charge in [-0.2, -0.15) is 0 Å². The van der Waals surface area contributed by atoms with Crippen LogP contribution in [0.15, 0.2) is 71.2 Å². The van der Waals surface area contributed by atoms with Crippen LogP contribution in [0.5, 0.6) is 0 Å². The van der Waals surface area contributed by atoms with Gasteiger partial charge in [0.2, 0.25) is 11.8 Å². The van der Waals surface area contributed by atoms with Crippen molar-refractivity contribution in [2.24, 2.45) is 11.8 Å². The molecule has 0 N–H and O–H groups in total. The van der Waals surface area contributed by atoms with E-state index in [-0.39, 0.29) is 40.9 Å². The molecule has 2 amide bonds.